The summed E-state index contributed by atoms with van der Waals surface area (Å²) in [5, 5.41) is 0. The first-order chi connectivity index (χ1) is 4.09. The quantitative estimate of drug-likeness (QED) is 0.465. The van der Waals surface area contributed by atoms with Crippen LogP contribution in [0.4, 0.5) is 0 Å². The first-order valence-electron chi connectivity index (χ1n) is 2.69. The van der Waals surface area contributed by atoms with Gasteiger partial charge in [0.05, 0.1) is 0 Å². The molecule has 0 aliphatic rings. The highest BCUT2D eigenvalue weighted by Crippen LogP contribution is 1.85. The fourth-order valence-electron chi connectivity index (χ4n) is 0.585. The van der Waals surface area contributed by atoms with Crippen molar-refractivity contribution in [3.8, 4) is 0 Å². The highest BCUT2D eigenvalue weighted by atomic mass is 16.2. The van der Waals surface area contributed by atoms with Gasteiger partial charge in [0.2, 0.25) is 11.8 Å². The van der Waals surface area contributed by atoms with Gasteiger partial charge in [0.25, 0.3) is 7.41 Å². The highest BCUT2D eigenvalue weighted by Gasteiger charge is 2.09. The molecular formula is C5H9BNO2. The van der Waals surface area contributed by atoms with Gasteiger partial charge in [0.1, 0.15) is 0 Å². The Morgan fingerprint density at radius 2 is 1.56 bits per heavy atom. The van der Waals surface area contributed by atoms with E-state index in [9.17, 15) is 9.59 Å². The van der Waals surface area contributed by atoms with Crippen molar-refractivity contribution in [1.29, 1.82) is 0 Å². The van der Waals surface area contributed by atoms with E-state index in [1.807, 2.05) is 0 Å². The third-order valence-corrected chi connectivity index (χ3v) is 0.937. The van der Waals surface area contributed by atoms with Gasteiger partial charge in [-0.2, -0.15) is 0 Å². The van der Waals surface area contributed by atoms with Crippen LogP contribution in [-0.4, -0.2) is 24.0 Å². The maximum Gasteiger partial charge on any atom is 0.256 e. The molecule has 0 bridgehead atoms. The van der Waals surface area contributed by atoms with Gasteiger partial charge in [-0.15, -0.1) is 0 Å². The smallest absolute Gasteiger partial charge is 0.256 e. The zero-order chi connectivity index (χ0) is 7.44. The summed E-state index contributed by atoms with van der Waals surface area (Å²) in [6.07, 6.45) is 0. The second kappa shape index (κ2) is 3.27. The van der Waals surface area contributed by atoms with Crippen molar-refractivity contribution >= 4 is 19.2 Å². The van der Waals surface area contributed by atoms with Crippen molar-refractivity contribution in [2.24, 2.45) is 0 Å². The van der Waals surface area contributed by atoms with Gasteiger partial charge in [0, 0.05) is 13.8 Å². The van der Waals surface area contributed by atoms with E-state index in [1.54, 1.807) is 6.82 Å². The van der Waals surface area contributed by atoms with Gasteiger partial charge >= 0.3 is 0 Å². The molecule has 0 aromatic rings. The Hall–Kier alpha value is -0.795. The molecule has 0 heterocycles. The van der Waals surface area contributed by atoms with Crippen LogP contribution in [-0.2, 0) is 9.59 Å². The zero-order valence-electron chi connectivity index (χ0n) is 5.84. The van der Waals surface area contributed by atoms with Gasteiger partial charge < -0.3 is 4.81 Å². The molecule has 2 amide bonds. The van der Waals surface area contributed by atoms with E-state index in [4.69, 9.17) is 0 Å². The summed E-state index contributed by atoms with van der Waals surface area (Å²) >= 11 is 0. The molecule has 0 aromatic carbocycles. The Morgan fingerprint density at radius 3 is 1.56 bits per heavy atom. The highest BCUT2D eigenvalue weighted by molar-refractivity contribution is 6.40. The molecule has 0 N–H and O–H groups in total. The Balaban J connectivity index is 3.99. The lowest BCUT2D eigenvalue weighted by atomic mass is 9.96. The number of carbonyl (C=O) groups is 2. The third-order valence-electron chi connectivity index (χ3n) is 0.937. The van der Waals surface area contributed by atoms with Crippen molar-refractivity contribution in [1.82, 2.24) is 4.81 Å². The van der Waals surface area contributed by atoms with Crippen LogP contribution in [0.15, 0.2) is 0 Å². The van der Waals surface area contributed by atoms with Crippen LogP contribution in [0.2, 0.25) is 6.82 Å². The summed E-state index contributed by atoms with van der Waals surface area (Å²) in [7, 11) is 1.45. The number of hydrogen-bond acceptors (Lipinski definition) is 2. The van der Waals surface area contributed by atoms with Crippen LogP contribution in [0.5, 0.6) is 0 Å². The number of imide groups is 1. The van der Waals surface area contributed by atoms with Crippen LogP contribution in [0.25, 0.3) is 0 Å². The molecule has 0 fully saturated rings. The average molecular weight is 126 g/mol. The molecule has 0 aromatic heterocycles. The number of hydrogen-bond donors (Lipinski definition) is 0. The predicted octanol–water partition coefficient (Wildman–Crippen LogP) is 0.0487. The Bertz CT molecular complexity index is 121. The van der Waals surface area contributed by atoms with Gasteiger partial charge in [-0.3, -0.25) is 9.59 Å². The Labute approximate surface area is 55.3 Å². The molecule has 9 heavy (non-hydrogen) atoms. The Kier molecular flexibility index (Phi) is 2.98. The van der Waals surface area contributed by atoms with E-state index >= 15 is 0 Å². The maximum atomic E-state index is 10.5. The summed E-state index contributed by atoms with van der Waals surface area (Å²) in [5.74, 6) is -0.491. The SMILES string of the molecule is C[B]N(C(C)=O)C(C)=O. The van der Waals surface area contributed by atoms with Crippen LogP contribution in [0.3, 0.4) is 0 Å². The summed E-state index contributed by atoms with van der Waals surface area (Å²) in [6.45, 7) is 4.34. The lowest BCUT2D eigenvalue weighted by Gasteiger charge is -2.12. The van der Waals surface area contributed by atoms with Crippen molar-refractivity contribution < 1.29 is 9.59 Å². The van der Waals surface area contributed by atoms with E-state index in [0.717, 1.165) is 4.81 Å². The average Bonchev–Trinajstić information content (AvgIpc) is 1.64. The van der Waals surface area contributed by atoms with Crippen LogP contribution >= 0.6 is 0 Å². The molecule has 0 spiro atoms. The molecular weight excluding hydrogens is 117 g/mol. The molecule has 0 aliphatic carbocycles. The molecule has 0 atom stereocenters. The number of rotatable bonds is 1. The number of carbonyl (C=O) groups excluding carboxylic acids is 2. The van der Waals surface area contributed by atoms with E-state index < -0.39 is 0 Å². The normalized spacial score (nSPS) is 8.33. The van der Waals surface area contributed by atoms with E-state index in [0.29, 0.717) is 0 Å². The van der Waals surface area contributed by atoms with E-state index in [2.05, 4.69) is 0 Å². The van der Waals surface area contributed by atoms with Crippen LogP contribution in [0, 0.1) is 0 Å². The maximum absolute atomic E-state index is 10.5. The molecule has 0 aliphatic heterocycles. The summed E-state index contributed by atoms with van der Waals surface area (Å²) in [4.78, 5) is 22.0. The first-order valence-corrected chi connectivity index (χ1v) is 2.69. The van der Waals surface area contributed by atoms with Crippen LogP contribution < -0.4 is 0 Å². The molecule has 0 saturated heterocycles. The molecule has 4 heteroatoms. The lowest BCUT2D eigenvalue weighted by molar-refractivity contribution is -0.136. The van der Waals surface area contributed by atoms with Crippen molar-refractivity contribution in [3.05, 3.63) is 0 Å². The minimum Gasteiger partial charge on any atom is -0.335 e. The second-order valence-corrected chi connectivity index (χ2v) is 1.67. The minimum absolute atomic E-state index is 0.245. The second-order valence-electron chi connectivity index (χ2n) is 1.67. The fourth-order valence-corrected chi connectivity index (χ4v) is 0.585. The van der Waals surface area contributed by atoms with Crippen LogP contribution in [0.1, 0.15) is 13.8 Å². The van der Waals surface area contributed by atoms with Gasteiger partial charge in [0.15, 0.2) is 0 Å². The van der Waals surface area contributed by atoms with E-state index in [-0.39, 0.29) is 11.8 Å². The standard InChI is InChI=1S/C5H9BNO2/c1-4(8)7(6-3)5(2)9/h1-3H3. The third kappa shape index (κ3) is 2.30. The van der Waals surface area contributed by atoms with Crippen molar-refractivity contribution in [2.45, 2.75) is 20.7 Å². The lowest BCUT2D eigenvalue weighted by Crippen LogP contribution is -2.34. The van der Waals surface area contributed by atoms with Crippen molar-refractivity contribution in [2.75, 3.05) is 0 Å². The first kappa shape index (κ1) is 8.20. The van der Waals surface area contributed by atoms with Crippen molar-refractivity contribution in [3.63, 3.8) is 0 Å². The largest absolute Gasteiger partial charge is 0.335 e. The van der Waals surface area contributed by atoms with E-state index in [1.165, 1.54) is 21.3 Å². The molecule has 0 rings (SSSR count). The molecule has 49 valence electrons. The fraction of sp³-hybridized carbons (Fsp3) is 0.600. The number of amides is 2. The molecule has 3 nitrogen and oxygen atoms in total. The van der Waals surface area contributed by atoms with Gasteiger partial charge in [-0.25, -0.2) is 0 Å². The predicted molar refractivity (Wildman–Crippen MR) is 34.8 cm³/mol. The summed E-state index contributed by atoms with van der Waals surface area (Å²) in [5.41, 5.74) is 0. The molecule has 1 radical (unpaired) electrons. The Morgan fingerprint density at radius 1 is 1.22 bits per heavy atom. The molecule has 0 unspecified atom stereocenters. The zero-order valence-corrected chi connectivity index (χ0v) is 5.84. The minimum atomic E-state index is -0.245. The van der Waals surface area contributed by atoms with Gasteiger partial charge in [-0.05, 0) is 0 Å². The summed E-state index contributed by atoms with van der Waals surface area (Å²) < 4.78 is 0. The molecule has 0 saturated carbocycles. The van der Waals surface area contributed by atoms with Gasteiger partial charge in [-0.1, -0.05) is 6.82 Å². The summed E-state index contributed by atoms with van der Waals surface area (Å²) in [6, 6.07) is 0. The number of nitrogens with zero attached hydrogens (tertiary/aromatic N) is 1. The topological polar surface area (TPSA) is 37.4 Å². The monoisotopic (exact) mass is 126 g/mol.